The number of carbonyl (C=O) groups is 6. The summed E-state index contributed by atoms with van der Waals surface area (Å²) in [5.74, 6) is -3.23. The maximum Gasteiger partial charge on any atom is 0.264 e. The third-order valence-electron chi connectivity index (χ3n) is 13.0. The number of ether oxygens (including phenoxy) is 2. The number of nitrogens with one attached hydrogen (secondary N) is 2. The zero-order chi connectivity index (χ0) is 46.9. The van der Waals surface area contributed by atoms with E-state index in [2.05, 4.69) is 20.4 Å². The maximum atomic E-state index is 14.6. The molecule has 0 aliphatic carbocycles. The number of piperidine rings is 3. The molecular weight excluding hydrogens is 871 g/mol. The highest BCUT2D eigenvalue weighted by atomic mass is 19.2. The van der Waals surface area contributed by atoms with Gasteiger partial charge >= 0.3 is 0 Å². The molecule has 5 aromatic rings. The number of benzene rings is 3. The molecule has 2 atom stereocenters. The summed E-state index contributed by atoms with van der Waals surface area (Å²) in [5.41, 5.74) is 5.13. The second-order valence-electron chi connectivity index (χ2n) is 17.2. The van der Waals surface area contributed by atoms with Crippen molar-refractivity contribution in [2.24, 2.45) is 0 Å². The van der Waals surface area contributed by atoms with Crippen LogP contribution in [-0.4, -0.2) is 112 Å². The zero-order valence-corrected chi connectivity index (χ0v) is 37.1. The first-order chi connectivity index (χ1) is 32.4. The topological polar surface area (TPSA) is 199 Å². The van der Waals surface area contributed by atoms with Crippen LogP contribution in [-0.2, 0) is 28.7 Å². The van der Waals surface area contributed by atoms with Gasteiger partial charge in [-0.05, 0) is 87.9 Å². The maximum absolute atomic E-state index is 14.6. The molecule has 0 radical (unpaired) electrons. The number of halogens is 2. The summed E-state index contributed by atoms with van der Waals surface area (Å²) in [6, 6.07) is 12.7. The molecule has 9 rings (SSSR count). The largest absolute Gasteiger partial charge is 0.382 e. The summed E-state index contributed by atoms with van der Waals surface area (Å²) < 4.78 is 47.7. The number of imide groups is 2. The SMILES string of the molecule is Cc1noc(C)c1-c1ccc2c(c1)nc([C@@H]1CCCC(=O)N1c1ccc(F)c(F)c1)n2C1CCN(C(=O)CCOCCOCCNc2cccc3c2C(=O)N(C2CCC(=O)NC2=O)C3=O)CC1. The Balaban J connectivity index is 0.779. The number of hydrogen-bond acceptors (Lipinski definition) is 12. The first-order valence-corrected chi connectivity index (χ1v) is 22.6. The second-order valence-corrected chi connectivity index (χ2v) is 17.2. The van der Waals surface area contributed by atoms with E-state index in [0.29, 0.717) is 68.1 Å². The summed E-state index contributed by atoms with van der Waals surface area (Å²) >= 11 is 0. The molecule has 19 heteroatoms. The minimum absolute atomic E-state index is 0.0353. The zero-order valence-electron chi connectivity index (χ0n) is 37.1. The molecule has 67 heavy (non-hydrogen) atoms. The molecule has 4 aliphatic heterocycles. The van der Waals surface area contributed by atoms with Crippen molar-refractivity contribution in [2.45, 2.75) is 83.3 Å². The van der Waals surface area contributed by atoms with Crippen LogP contribution >= 0.6 is 0 Å². The number of aromatic nitrogens is 3. The lowest BCUT2D eigenvalue weighted by Gasteiger charge is -2.38. The van der Waals surface area contributed by atoms with Crippen LogP contribution in [0.5, 0.6) is 0 Å². The van der Waals surface area contributed by atoms with Crippen LogP contribution in [0.1, 0.15) is 101 Å². The summed E-state index contributed by atoms with van der Waals surface area (Å²) in [6.45, 7) is 6.01. The highest BCUT2D eigenvalue weighted by Crippen LogP contribution is 2.41. The Kier molecular flexibility index (Phi) is 13.0. The standard InChI is InChI=1S/C48H50F2N8O9/c1-27-43(28(2)67-54-27)29-9-12-37-36(25-29)52-45(38-7-4-8-42(61)56(38)31-10-11-33(49)34(50)26-31)57(37)30-15-19-55(20-16-30)41(60)17-21-65-23-24-66-22-18-51-35-6-3-5-32-44(35)48(64)58(47(32)63)39-13-14-40(59)53-46(39)62/h3,5-6,9-12,25-26,30,38-39,51H,4,7-8,13-24H2,1-2H3,(H,53,59,62)/t38-,39?/m0/s1. The highest BCUT2D eigenvalue weighted by molar-refractivity contribution is 6.25. The Hall–Kier alpha value is -6.86. The molecule has 3 aromatic carbocycles. The van der Waals surface area contributed by atoms with Crippen molar-refractivity contribution in [2.75, 3.05) is 56.3 Å². The minimum Gasteiger partial charge on any atom is -0.382 e. The molecule has 2 aromatic heterocycles. The van der Waals surface area contributed by atoms with Gasteiger partial charge in [0.15, 0.2) is 11.6 Å². The quantitative estimate of drug-likeness (QED) is 0.0927. The molecule has 4 aliphatic rings. The Labute approximate surface area is 383 Å². The van der Waals surface area contributed by atoms with Crippen LogP contribution in [0.25, 0.3) is 22.2 Å². The van der Waals surface area contributed by atoms with Crippen LogP contribution in [0.2, 0.25) is 0 Å². The molecule has 1 unspecified atom stereocenters. The van der Waals surface area contributed by atoms with Gasteiger partial charge in [0.2, 0.25) is 23.6 Å². The van der Waals surface area contributed by atoms with Crippen molar-refractivity contribution >= 4 is 57.9 Å². The molecule has 17 nitrogen and oxygen atoms in total. The summed E-state index contributed by atoms with van der Waals surface area (Å²) in [7, 11) is 0. The lowest BCUT2D eigenvalue weighted by atomic mass is 9.98. The van der Waals surface area contributed by atoms with E-state index in [9.17, 15) is 37.5 Å². The first kappa shape index (κ1) is 45.3. The molecule has 3 saturated heterocycles. The first-order valence-electron chi connectivity index (χ1n) is 22.6. The number of rotatable bonds is 15. The molecule has 0 bridgehead atoms. The minimum atomic E-state index is -1.05. The molecule has 6 heterocycles. The van der Waals surface area contributed by atoms with Gasteiger partial charge in [0.1, 0.15) is 17.6 Å². The van der Waals surface area contributed by atoms with Crippen LogP contribution in [0.3, 0.4) is 0 Å². The fourth-order valence-corrected chi connectivity index (χ4v) is 9.79. The third-order valence-corrected chi connectivity index (χ3v) is 13.0. The van der Waals surface area contributed by atoms with Gasteiger partial charge in [-0.2, -0.15) is 0 Å². The van der Waals surface area contributed by atoms with E-state index >= 15 is 0 Å². The second kappa shape index (κ2) is 19.2. The Morgan fingerprint density at radius 1 is 0.836 bits per heavy atom. The van der Waals surface area contributed by atoms with Crippen LogP contribution in [0.4, 0.5) is 20.2 Å². The Morgan fingerprint density at radius 2 is 1.63 bits per heavy atom. The number of likely N-dealkylation sites (tertiary alicyclic amines) is 1. The van der Waals surface area contributed by atoms with Gasteiger partial charge < -0.3 is 33.7 Å². The molecular formula is C48H50F2N8O9. The summed E-state index contributed by atoms with van der Waals surface area (Å²) in [6.07, 6.45) is 2.98. The van der Waals surface area contributed by atoms with Gasteiger partial charge in [0, 0.05) is 61.5 Å². The number of amides is 6. The molecule has 0 spiro atoms. The number of carbonyl (C=O) groups excluding carboxylic acids is 6. The average molecular weight is 921 g/mol. The van der Waals surface area contributed by atoms with E-state index in [1.807, 2.05) is 36.9 Å². The van der Waals surface area contributed by atoms with Gasteiger partial charge in [-0.3, -0.25) is 39.0 Å². The Bertz CT molecular complexity index is 2760. The van der Waals surface area contributed by atoms with Gasteiger partial charge in [-0.1, -0.05) is 17.3 Å². The van der Waals surface area contributed by atoms with E-state index in [4.69, 9.17) is 19.0 Å². The van der Waals surface area contributed by atoms with Gasteiger partial charge in [0.05, 0.1) is 66.7 Å². The Morgan fingerprint density at radius 3 is 2.37 bits per heavy atom. The van der Waals surface area contributed by atoms with Crippen molar-refractivity contribution in [3.63, 3.8) is 0 Å². The number of aryl methyl sites for hydroxylation is 2. The molecule has 2 N–H and O–H groups in total. The lowest BCUT2D eigenvalue weighted by Crippen LogP contribution is -2.54. The summed E-state index contributed by atoms with van der Waals surface area (Å²) in [5, 5.41) is 9.46. The van der Waals surface area contributed by atoms with Gasteiger partial charge in [-0.15, -0.1) is 0 Å². The van der Waals surface area contributed by atoms with E-state index in [0.717, 1.165) is 39.4 Å². The monoisotopic (exact) mass is 920 g/mol. The van der Waals surface area contributed by atoms with Crippen LogP contribution in [0, 0.1) is 25.5 Å². The number of imidazole rings is 1. The van der Waals surface area contributed by atoms with Crippen molar-refractivity contribution in [1.29, 1.82) is 0 Å². The van der Waals surface area contributed by atoms with E-state index in [1.54, 1.807) is 17.0 Å². The average Bonchev–Trinajstić information content (AvgIpc) is 3.95. The third kappa shape index (κ3) is 8.92. The van der Waals surface area contributed by atoms with E-state index in [1.165, 1.54) is 12.1 Å². The molecule has 6 amide bonds. The highest BCUT2D eigenvalue weighted by Gasteiger charge is 2.46. The molecule has 3 fully saturated rings. The van der Waals surface area contributed by atoms with Gasteiger partial charge in [-0.25, -0.2) is 13.8 Å². The van der Waals surface area contributed by atoms with E-state index in [-0.39, 0.29) is 86.8 Å². The van der Waals surface area contributed by atoms with Crippen molar-refractivity contribution in [3.05, 3.63) is 94.6 Å². The van der Waals surface area contributed by atoms with Crippen molar-refractivity contribution in [1.82, 2.24) is 29.8 Å². The normalized spacial score (nSPS) is 19.2. The van der Waals surface area contributed by atoms with Crippen molar-refractivity contribution < 1.29 is 51.5 Å². The van der Waals surface area contributed by atoms with Crippen LogP contribution in [0.15, 0.2) is 59.1 Å². The van der Waals surface area contributed by atoms with E-state index < -0.39 is 47.3 Å². The predicted octanol–water partition coefficient (Wildman–Crippen LogP) is 5.94. The summed E-state index contributed by atoms with van der Waals surface area (Å²) in [4.78, 5) is 86.9. The van der Waals surface area contributed by atoms with Gasteiger partial charge in [0.25, 0.3) is 11.8 Å². The molecule has 350 valence electrons. The predicted molar refractivity (Wildman–Crippen MR) is 238 cm³/mol. The smallest absolute Gasteiger partial charge is 0.264 e. The number of hydrogen-bond donors (Lipinski definition) is 2. The van der Waals surface area contributed by atoms with Crippen molar-refractivity contribution in [3.8, 4) is 11.1 Å². The van der Waals surface area contributed by atoms with Crippen LogP contribution < -0.4 is 15.5 Å². The lowest BCUT2D eigenvalue weighted by molar-refractivity contribution is -0.136. The number of fused-ring (bicyclic) bond motifs is 2. The number of anilines is 2. The fraction of sp³-hybridized carbons (Fsp3) is 0.417. The number of nitrogens with zero attached hydrogens (tertiary/aromatic N) is 6. The molecule has 0 saturated carbocycles. The fourth-order valence-electron chi connectivity index (χ4n) is 9.79.